The molecule has 4 rings (SSSR count). The van der Waals surface area contributed by atoms with Crippen LogP contribution in [-0.2, 0) is 27.5 Å². The van der Waals surface area contributed by atoms with Crippen LogP contribution in [0.15, 0.2) is 5.16 Å². The fourth-order valence-corrected chi connectivity index (χ4v) is 7.20. The van der Waals surface area contributed by atoms with E-state index in [1.165, 1.54) is 35.0 Å². The summed E-state index contributed by atoms with van der Waals surface area (Å²) in [6.45, 7) is 0. The van der Waals surface area contributed by atoms with Crippen molar-refractivity contribution in [2.45, 2.75) is 43.3 Å². The Morgan fingerprint density at radius 1 is 1.31 bits per heavy atom. The highest BCUT2D eigenvalue weighted by Gasteiger charge is 2.29. The Morgan fingerprint density at radius 3 is 2.88 bits per heavy atom. The zero-order chi connectivity index (χ0) is 18.3. The maximum absolute atomic E-state index is 12.1. The molecule has 26 heavy (non-hydrogen) atoms. The van der Waals surface area contributed by atoms with Crippen LogP contribution < -0.4 is 11.1 Å². The van der Waals surface area contributed by atoms with E-state index in [1.54, 1.807) is 11.3 Å². The van der Waals surface area contributed by atoms with Crippen LogP contribution >= 0.6 is 23.1 Å². The molecule has 0 radical (unpaired) electrons. The molecule has 0 unspecified atom stereocenters. The van der Waals surface area contributed by atoms with Gasteiger partial charge in [0.25, 0.3) is 0 Å². The van der Waals surface area contributed by atoms with Gasteiger partial charge in [-0.1, -0.05) is 11.8 Å². The van der Waals surface area contributed by atoms with Gasteiger partial charge in [-0.05, 0) is 37.7 Å². The molecular weight excluding hydrogens is 392 g/mol. The fourth-order valence-electron chi connectivity index (χ4n) is 3.54. The largest absolute Gasteiger partial charge is 0.383 e. The molecule has 1 amide bonds. The van der Waals surface area contributed by atoms with E-state index >= 15 is 0 Å². The SMILES string of the molecule is Nc1nc(SCC(=O)N[C@H]2CCS(=O)(=O)C2)nc2sc3c(c12)CCCC3. The van der Waals surface area contributed by atoms with Crippen molar-refractivity contribution >= 4 is 54.9 Å². The van der Waals surface area contributed by atoms with E-state index < -0.39 is 9.84 Å². The quantitative estimate of drug-likeness (QED) is 0.578. The number of hydrogen-bond acceptors (Lipinski definition) is 8. The third-order valence-corrected chi connectivity index (χ3v) is 8.55. The number of aryl methyl sites for hydroxylation is 2. The lowest BCUT2D eigenvalue weighted by atomic mass is 9.97. The second-order valence-electron chi connectivity index (χ2n) is 6.74. The minimum absolute atomic E-state index is 0.0273. The van der Waals surface area contributed by atoms with Crippen LogP contribution in [0.3, 0.4) is 0 Å². The Labute approximate surface area is 160 Å². The molecule has 10 heteroatoms. The van der Waals surface area contributed by atoms with E-state index in [2.05, 4.69) is 15.3 Å². The summed E-state index contributed by atoms with van der Waals surface area (Å²) < 4.78 is 22.9. The molecule has 7 nitrogen and oxygen atoms in total. The van der Waals surface area contributed by atoms with Crippen LogP contribution in [0.25, 0.3) is 10.2 Å². The number of thiophene rings is 1. The van der Waals surface area contributed by atoms with E-state index in [4.69, 9.17) is 5.73 Å². The highest BCUT2D eigenvalue weighted by Crippen LogP contribution is 2.38. The summed E-state index contributed by atoms with van der Waals surface area (Å²) in [5.41, 5.74) is 7.47. The average molecular weight is 413 g/mol. The van der Waals surface area contributed by atoms with E-state index in [0.717, 1.165) is 23.1 Å². The van der Waals surface area contributed by atoms with Gasteiger partial charge in [0.15, 0.2) is 15.0 Å². The zero-order valence-electron chi connectivity index (χ0n) is 14.2. The topological polar surface area (TPSA) is 115 Å². The summed E-state index contributed by atoms with van der Waals surface area (Å²) in [5.74, 6) is 0.598. The molecule has 2 aliphatic rings. The van der Waals surface area contributed by atoms with Gasteiger partial charge in [0, 0.05) is 10.9 Å². The molecule has 3 heterocycles. The van der Waals surface area contributed by atoms with E-state index in [1.807, 2.05) is 0 Å². The van der Waals surface area contributed by atoms with E-state index in [0.29, 0.717) is 17.4 Å². The molecule has 1 fully saturated rings. The number of nitrogens with two attached hydrogens (primary N) is 1. The molecule has 0 aromatic carbocycles. The number of nitrogens with one attached hydrogen (secondary N) is 1. The van der Waals surface area contributed by atoms with Crippen molar-refractivity contribution in [2.24, 2.45) is 0 Å². The monoisotopic (exact) mass is 412 g/mol. The lowest BCUT2D eigenvalue weighted by Gasteiger charge is -2.11. The summed E-state index contributed by atoms with van der Waals surface area (Å²) in [6.07, 6.45) is 4.96. The van der Waals surface area contributed by atoms with Crippen LogP contribution in [0.4, 0.5) is 5.82 Å². The number of nitrogens with zero attached hydrogens (tertiary/aromatic N) is 2. The summed E-state index contributed by atoms with van der Waals surface area (Å²) >= 11 is 2.91. The van der Waals surface area contributed by atoms with Gasteiger partial charge < -0.3 is 11.1 Å². The number of carbonyl (C=O) groups is 1. The molecule has 0 saturated carbocycles. The molecule has 1 aliphatic carbocycles. The van der Waals surface area contributed by atoms with Crippen molar-refractivity contribution in [3.8, 4) is 0 Å². The standard InChI is InChI=1S/C16H20N4O3S3/c17-14-13-10-3-1-2-4-11(10)25-15(13)20-16(19-14)24-7-12(21)18-9-5-6-26(22,23)8-9/h9H,1-8H2,(H,18,21)(H2,17,19,20)/t9-/m0/s1. The number of anilines is 1. The Kier molecular flexibility index (Phi) is 4.83. The highest BCUT2D eigenvalue weighted by molar-refractivity contribution is 7.99. The van der Waals surface area contributed by atoms with Crippen LogP contribution in [0.2, 0.25) is 0 Å². The van der Waals surface area contributed by atoms with Crippen LogP contribution in [0.1, 0.15) is 29.7 Å². The number of nitrogen functional groups attached to an aromatic ring is 1. The van der Waals surface area contributed by atoms with Crippen molar-refractivity contribution in [1.29, 1.82) is 0 Å². The first kappa shape index (κ1) is 18.0. The van der Waals surface area contributed by atoms with E-state index in [9.17, 15) is 13.2 Å². The predicted molar refractivity (Wildman–Crippen MR) is 104 cm³/mol. The van der Waals surface area contributed by atoms with Crippen molar-refractivity contribution in [3.05, 3.63) is 10.4 Å². The second kappa shape index (κ2) is 6.97. The third-order valence-electron chi connectivity index (χ3n) is 4.75. The molecule has 1 aliphatic heterocycles. The summed E-state index contributed by atoms with van der Waals surface area (Å²) in [5, 5.41) is 4.24. The predicted octanol–water partition coefficient (Wildman–Crippen LogP) is 1.55. The van der Waals surface area contributed by atoms with Gasteiger partial charge in [-0.3, -0.25) is 4.79 Å². The number of carbonyl (C=O) groups excluding carboxylic acids is 1. The number of amides is 1. The molecule has 1 atom stereocenters. The molecule has 140 valence electrons. The van der Waals surface area contributed by atoms with Gasteiger partial charge in [0.2, 0.25) is 5.91 Å². The number of sulfone groups is 1. The normalized spacial score (nSPS) is 21.6. The summed E-state index contributed by atoms with van der Waals surface area (Å²) in [7, 11) is -3.00. The lowest BCUT2D eigenvalue weighted by Crippen LogP contribution is -2.36. The smallest absolute Gasteiger partial charge is 0.230 e. The van der Waals surface area contributed by atoms with Crippen molar-refractivity contribution < 1.29 is 13.2 Å². The Bertz CT molecular complexity index is 971. The van der Waals surface area contributed by atoms with Crippen LogP contribution in [0.5, 0.6) is 0 Å². The Hall–Kier alpha value is -1.39. The van der Waals surface area contributed by atoms with Crippen molar-refractivity contribution in [1.82, 2.24) is 15.3 Å². The molecular formula is C16H20N4O3S3. The minimum atomic E-state index is -3.00. The zero-order valence-corrected chi connectivity index (χ0v) is 16.6. The minimum Gasteiger partial charge on any atom is -0.383 e. The van der Waals surface area contributed by atoms with Gasteiger partial charge in [0.05, 0.1) is 22.6 Å². The molecule has 2 aromatic heterocycles. The van der Waals surface area contributed by atoms with Gasteiger partial charge >= 0.3 is 0 Å². The van der Waals surface area contributed by atoms with Crippen LogP contribution in [0, 0.1) is 0 Å². The first-order chi connectivity index (χ1) is 12.4. The molecule has 0 bridgehead atoms. The number of rotatable bonds is 4. The molecule has 0 spiro atoms. The fraction of sp³-hybridized carbons (Fsp3) is 0.562. The van der Waals surface area contributed by atoms with Crippen molar-refractivity contribution in [3.63, 3.8) is 0 Å². The highest BCUT2D eigenvalue weighted by atomic mass is 32.2. The maximum Gasteiger partial charge on any atom is 0.230 e. The maximum atomic E-state index is 12.1. The van der Waals surface area contributed by atoms with Gasteiger partial charge in [0.1, 0.15) is 10.6 Å². The second-order valence-corrected chi connectivity index (χ2v) is 11.0. The third kappa shape index (κ3) is 3.67. The molecule has 2 aromatic rings. The Morgan fingerprint density at radius 2 is 2.12 bits per heavy atom. The lowest BCUT2D eigenvalue weighted by molar-refractivity contribution is -0.119. The first-order valence-electron chi connectivity index (χ1n) is 8.61. The van der Waals surface area contributed by atoms with E-state index in [-0.39, 0.29) is 29.2 Å². The Balaban J connectivity index is 1.43. The molecule has 3 N–H and O–H groups in total. The average Bonchev–Trinajstić information content (AvgIpc) is 3.12. The first-order valence-corrected chi connectivity index (χ1v) is 12.2. The molecule has 1 saturated heterocycles. The number of thioether (sulfide) groups is 1. The van der Waals surface area contributed by atoms with Gasteiger partial charge in [-0.2, -0.15) is 0 Å². The van der Waals surface area contributed by atoms with Crippen LogP contribution in [-0.4, -0.2) is 47.6 Å². The number of fused-ring (bicyclic) bond motifs is 3. The van der Waals surface area contributed by atoms with Gasteiger partial charge in [-0.25, -0.2) is 18.4 Å². The number of aromatic nitrogens is 2. The summed E-state index contributed by atoms with van der Waals surface area (Å²) in [4.78, 5) is 23.3. The summed E-state index contributed by atoms with van der Waals surface area (Å²) in [6, 6.07) is -0.286. The van der Waals surface area contributed by atoms with Gasteiger partial charge in [-0.15, -0.1) is 11.3 Å². The van der Waals surface area contributed by atoms with Crippen molar-refractivity contribution in [2.75, 3.05) is 23.0 Å². The number of hydrogen-bond donors (Lipinski definition) is 2.